The van der Waals surface area contributed by atoms with Gasteiger partial charge in [-0.05, 0) is 32.0 Å². The Morgan fingerprint density at radius 1 is 1.08 bits per heavy atom. The molecule has 0 fully saturated rings. The van der Waals surface area contributed by atoms with Crippen LogP contribution in [-0.4, -0.2) is 40.6 Å². The molecule has 0 aliphatic heterocycles. The van der Waals surface area contributed by atoms with Crippen LogP contribution >= 0.6 is 0 Å². The van der Waals surface area contributed by atoms with Crippen molar-refractivity contribution in [1.29, 1.82) is 0 Å². The van der Waals surface area contributed by atoms with Crippen LogP contribution in [0.5, 0.6) is 0 Å². The second-order valence-electron chi connectivity index (χ2n) is 6.10. The van der Waals surface area contributed by atoms with Crippen molar-refractivity contribution < 1.29 is 0 Å². The molecule has 0 aliphatic carbocycles. The number of fused-ring (bicyclic) bond motifs is 1. The van der Waals surface area contributed by atoms with Crippen LogP contribution in [0.1, 0.15) is 13.8 Å². The van der Waals surface area contributed by atoms with Crippen LogP contribution in [0.3, 0.4) is 0 Å². The summed E-state index contributed by atoms with van der Waals surface area (Å²) in [6.45, 7) is 4.10. The number of nitrogens with one attached hydrogen (secondary N) is 1. The Balaban J connectivity index is 1.72. The van der Waals surface area contributed by atoms with E-state index < -0.39 is 0 Å². The van der Waals surface area contributed by atoms with Gasteiger partial charge in [0.25, 0.3) is 0 Å². The van der Waals surface area contributed by atoms with Gasteiger partial charge in [0.2, 0.25) is 5.95 Å². The quantitative estimate of drug-likeness (QED) is 0.617. The third-order valence-electron chi connectivity index (χ3n) is 3.84. The lowest BCUT2D eigenvalue weighted by atomic mass is 10.2. The SMILES string of the molecule is CC(C)Nc1ncc(-c2nccn2-c2ccc3c(c2)nnn3C)cn1. The summed E-state index contributed by atoms with van der Waals surface area (Å²) in [5, 5.41) is 11.4. The van der Waals surface area contributed by atoms with Gasteiger partial charge in [-0.25, -0.2) is 19.6 Å². The lowest BCUT2D eigenvalue weighted by molar-refractivity contribution is 0.736. The highest BCUT2D eigenvalue weighted by Gasteiger charge is 2.11. The van der Waals surface area contributed by atoms with Gasteiger partial charge in [0, 0.05) is 43.6 Å². The molecule has 0 saturated heterocycles. The molecule has 126 valence electrons. The number of hydrogen-bond acceptors (Lipinski definition) is 6. The highest BCUT2D eigenvalue weighted by molar-refractivity contribution is 5.77. The summed E-state index contributed by atoms with van der Waals surface area (Å²) in [4.78, 5) is 13.2. The van der Waals surface area contributed by atoms with Crippen molar-refractivity contribution in [3.05, 3.63) is 43.0 Å². The molecule has 0 saturated carbocycles. The third kappa shape index (κ3) is 2.82. The van der Waals surface area contributed by atoms with Crippen molar-refractivity contribution in [2.75, 3.05) is 5.32 Å². The number of imidazole rings is 1. The molecule has 3 aromatic heterocycles. The van der Waals surface area contributed by atoms with E-state index in [0.717, 1.165) is 28.1 Å². The van der Waals surface area contributed by atoms with E-state index in [1.54, 1.807) is 23.3 Å². The number of aryl methyl sites for hydroxylation is 1. The lowest BCUT2D eigenvalue weighted by Gasteiger charge is -2.10. The predicted molar refractivity (Wildman–Crippen MR) is 95.4 cm³/mol. The average molecular weight is 334 g/mol. The third-order valence-corrected chi connectivity index (χ3v) is 3.84. The minimum atomic E-state index is 0.284. The standard InChI is InChI=1S/C17H18N8/c1-11(2)21-17-19-9-12(10-20-17)16-18-6-7-25(16)13-4-5-15-14(8-13)22-23-24(15)3/h4-11H,1-3H3,(H,19,20,21). The van der Waals surface area contributed by atoms with E-state index in [1.807, 2.05) is 49.9 Å². The first-order valence-corrected chi connectivity index (χ1v) is 8.04. The maximum absolute atomic E-state index is 4.46. The molecule has 0 unspecified atom stereocenters. The average Bonchev–Trinajstić information content (AvgIpc) is 3.22. The lowest BCUT2D eigenvalue weighted by Crippen LogP contribution is -2.12. The van der Waals surface area contributed by atoms with Crippen LogP contribution in [-0.2, 0) is 7.05 Å². The molecular formula is C17H18N8. The van der Waals surface area contributed by atoms with E-state index in [4.69, 9.17) is 0 Å². The van der Waals surface area contributed by atoms with Crippen LogP contribution in [0.25, 0.3) is 28.1 Å². The highest BCUT2D eigenvalue weighted by Crippen LogP contribution is 2.23. The van der Waals surface area contributed by atoms with Crippen molar-refractivity contribution in [2.24, 2.45) is 7.05 Å². The van der Waals surface area contributed by atoms with E-state index in [1.165, 1.54) is 0 Å². The fraction of sp³-hybridized carbons (Fsp3) is 0.235. The van der Waals surface area contributed by atoms with E-state index in [0.29, 0.717) is 5.95 Å². The Morgan fingerprint density at radius 3 is 2.64 bits per heavy atom. The summed E-state index contributed by atoms with van der Waals surface area (Å²) < 4.78 is 3.74. The Morgan fingerprint density at radius 2 is 1.88 bits per heavy atom. The fourth-order valence-corrected chi connectivity index (χ4v) is 2.68. The van der Waals surface area contributed by atoms with Gasteiger partial charge >= 0.3 is 0 Å². The maximum atomic E-state index is 4.46. The second kappa shape index (κ2) is 5.97. The predicted octanol–water partition coefficient (Wildman–Crippen LogP) is 2.43. The highest BCUT2D eigenvalue weighted by atomic mass is 15.4. The Hall–Kier alpha value is -3.29. The summed E-state index contributed by atoms with van der Waals surface area (Å²) in [6.07, 6.45) is 7.22. The molecule has 1 aromatic carbocycles. The first-order valence-electron chi connectivity index (χ1n) is 8.04. The van der Waals surface area contributed by atoms with Crippen molar-refractivity contribution in [2.45, 2.75) is 19.9 Å². The maximum Gasteiger partial charge on any atom is 0.222 e. The molecular weight excluding hydrogens is 316 g/mol. The number of rotatable bonds is 4. The van der Waals surface area contributed by atoms with Crippen molar-refractivity contribution in [1.82, 2.24) is 34.5 Å². The van der Waals surface area contributed by atoms with Gasteiger partial charge in [-0.2, -0.15) is 0 Å². The molecule has 0 atom stereocenters. The molecule has 0 radical (unpaired) electrons. The molecule has 8 nitrogen and oxygen atoms in total. The van der Waals surface area contributed by atoms with Gasteiger partial charge in [-0.15, -0.1) is 5.10 Å². The molecule has 25 heavy (non-hydrogen) atoms. The Kier molecular flexibility index (Phi) is 3.64. The minimum absolute atomic E-state index is 0.284. The largest absolute Gasteiger partial charge is 0.352 e. The van der Waals surface area contributed by atoms with E-state index in [2.05, 4.69) is 30.6 Å². The zero-order valence-corrected chi connectivity index (χ0v) is 14.2. The van der Waals surface area contributed by atoms with Gasteiger partial charge in [-0.1, -0.05) is 5.21 Å². The van der Waals surface area contributed by atoms with E-state index >= 15 is 0 Å². The molecule has 0 aliphatic rings. The number of hydrogen-bond donors (Lipinski definition) is 1. The van der Waals surface area contributed by atoms with E-state index in [9.17, 15) is 0 Å². The molecule has 0 amide bonds. The van der Waals surface area contributed by atoms with Gasteiger partial charge in [0.15, 0.2) is 0 Å². The molecule has 0 spiro atoms. The van der Waals surface area contributed by atoms with Gasteiger partial charge in [-0.3, -0.25) is 4.57 Å². The first-order chi connectivity index (χ1) is 12.1. The summed E-state index contributed by atoms with van der Waals surface area (Å²) in [5.41, 5.74) is 3.63. The van der Waals surface area contributed by atoms with Crippen molar-refractivity contribution >= 4 is 17.0 Å². The van der Waals surface area contributed by atoms with Crippen LogP contribution in [0.15, 0.2) is 43.0 Å². The Labute approximate surface area is 144 Å². The normalized spacial score (nSPS) is 11.4. The Bertz CT molecular complexity index is 1010. The van der Waals surface area contributed by atoms with E-state index in [-0.39, 0.29) is 6.04 Å². The smallest absolute Gasteiger partial charge is 0.222 e. The zero-order valence-electron chi connectivity index (χ0n) is 14.2. The molecule has 1 N–H and O–H groups in total. The van der Waals surface area contributed by atoms with Crippen LogP contribution in [0.2, 0.25) is 0 Å². The summed E-state index contributed by atoms with van der Waals surface area (Å²) >= 11 is 0. The second-order valence-corrected chi connectivity index (χ2v) is 6.10. The van der Waals surface area contributed by atoms with Gasteiger partial charge in [0.1, 0.15) is 11.3 Å². The number of nitrogens with zero attached hydrogens (tertiary/aromatic N) is 7. The molecule has 4 aromatic rings. The van der Waals surface area contributed by atoms with Crippen LogP contribution in [0, 0.1) is 0 Å². The van der Waals surface area contributed by atoms with Crippen molar-refractivity contribution in [3.8, 4) is 17.1 Å². The molecule has 3 heterocycles. The van der Waals surface area contributed by atoms with Crippen LogP contribution in [0.4, 0.5) is 5.95 Å². The topological polar surface area (TPSA) is 86.3 Å². The molecule has 8 heteroatoms. The monoisotopic (exact) mass is 334 g/mol. The van der Waals surface area contributed by atoms with Crippen LogP contribution < -0.4 is 5.32 Å². The molecule has 0 bridgehead atoms. The number of anilines is 1. The summed E-state index contributed by atoms with van der Waals surface area (Å²) in [6, 6.07) is 6.29. The first kappa shape index (κ1) is 15.3. The summed E-state index contributed by atoms with van der Waals surface area (Å²) in [7, 11) is 1.88. The fourth-order valence-electron chi connectivity index (χ4n) is 2.68. The number of benzene rings is 1. The number of aromatic nitrogens is 7. The van der Waals surface area contributed by atoms with Gasteiger partial charge < -0.3 is 5.32 Å². The zero-order chi connectivity index (χ0) is 17.4. The summed E-state index contributed by atoms with van der Waals surface area (Å²) in [5.74, 6) is 1.39. The molecule has 4 rings (SSSR count). The van der Waals surface area contributed by atoms with Crippen molar-refractivity contribution in [3.63, 3.8) is 0 Å². The van der Waals surface area contributed by atoms with Gasteiger partial charge in [0.05, 0.1) is 11.1 Å². The minimum Gasteiger partial charge on any atom is -0.352 e.